The van der Waals surface area contributed by atoms with Crippen molar-refractivity contribution in [2.75, 3.05) is 0 Å². The number of allylic oxidation sites excluding steroid dienone is 1. The van der Waals surface area contributed by atoms with Gasteiger partial charge in [0.1, 0.15) is 24.0 Å². The highest BCUT2D eigenvalue weighted by Crippen LogP contribution is 2.35. The van der Waals surface area contributed by atoms with E-state index < -0.39 is 0 Å². The summed E-state index contributed by atoms with van der Waals surface area (Å²) in [5.74, 6) is -0.166. The minimum absolute atomic E-state index is 0.00611. The molecule has 0 saturated heterocycles. The second-order valence-electron chi connectivity index (χ2n) is 3.70. The van der Waals surface area contributed by atoms with Crippen LogP contribution in [-0.2, 0) is 9.53 Å². The molecule has 1 aliphatic carbocycles. The molecule has 1 fully saturated rings. The fraction of sp³-hybridized carbons (Fsp3) is 0.600. The largest absolute Gasteiger partial charge is 0.496 e. The second-order valence-corrected chi connectivity index (χ2v) is 4.99. The van der Waals surface area contributed by atoms with Gasteiger partial charge in [0.15, 0.2) is 5.78 Å². The maximum absolute atomic E-state index is 11.7. The fourth-order valence-electron chi connectivity index (χ4n) is 2.02. The Balaban J connectivity index is 2.21. The lowest BCUT2D eigenvalue weighted by atomic mass is 9.80. The number of hydrogen-bond donors (Lipinski definition) is 0. The van der Waals surface area contributed by atoms with Gasteiger partial charge in [-0.2, -0.15) is 5.26 Å². The molecule has 0 radical (unpaired) electrons. The summed E-state index contributed by atoms with van der Waals surface area (Å²) in [5, 5.41) is 8.69. The summed E-state index contributed by atoms with van der Waals surface area (Å²) in [6.07, 6.45) is 4.01. The van der Waals surface area contributed by atoms with Gasteiger partial charge in [0.2, 0.25) is 0 Å². The lowest BCUT2D eigenvalue weighted by molar-refractivity contribution is -0.126. The van der Waals surface area contributed by atoms with E-state index >= 15 is 0 Å². The molecule has 2 rings (SSSR count). The van der Waals surface area contributed by atoms with Crippen LogP contribution < -0.4 is 0 Å². The van der Waals surface area contributed by atoms with E-state index in [2.05, 4.69) is 15.9 Å². The average molecular weight is 256 g/mol. The van der Waals surface area contributed by atoms with Crippen molar-refractivity contribution in [2.45, 2.75) is 30.2 Å². The van der Waals surface area contributed by atoms with Crippen molar-refractivity contribution in [3.63, 3.8) is 0 Å². The van der Waals surface area contributed by atoms with Gasteiger partial charge in [0.05, 0.1) is 5.92 Å². The summed E-state index contributed by atoms with van der Waals surface area (Å²) < 4.78 is 5.38. The predicted octanol–water partition coefficient (Wildman–Crippen LogP) is 1.93. The number of ketones is 1. The molecule has 3 atom stereocenters. The molecule has 1 aliphatic heterocycles. The molecular weight excluding hydrogens is 246 g/mol. The van der Waals surface area contributed by atoms with E-state index in [1.54, 1.807) is 0 Å². The van der Waals surface area contributed by atoms with Gasteiger partial charge < -0.3 is 4.74 Å². The number of rotatable bonds is 0. The second kappa shape index (κ2) is 3.74. The molecule has 1 heterocycles. The zero-order valence-corrected chi connectivity index (χ0v) is 9.16. The molecule has 3 nitrogen and oxygen atoms in total. The van der Waals surface area contributed by atoms with Crippen molar-refractivity contribution >= 4 is 21.7 Å². The average Bonchev–Trinajstić information content (AvgIpc) is 2.20. The summed E-state index contributed by atoms with van der Waals surface area (Å²) in [4.78, 5) is 12.1. The van der Waals surface area contributed by atoms with Gasteiger partial charge in [0, 0.05) is 4.83 Å². The molecule has 74 valence electrons. The van der Waals surface area contributed by atoms with Gasteiger partial charge >= 0.3 is 0 Å². The third-order valence-electron chi connectivity index (χ3n) is 2.81. The molecule has 0 aromatic carbocycles. The number of fused-ring (bicyclic) bond motifs is 1. The summed E-state index contributed by atoms with van der Waals surface area (Å²) in [6.45, 7) is 0. The fourth-order valence-corrected chi connectivity index (χ4v) is 2.69. The van der Waals surface area contributed by atoms with E-state index in [9.17, 15) is 4.79 Å². The first kappa shape index (κ1) is 9.72. The molecule has 0 amide bonds. The van der Waals surface area contributed by atoms with Crippen LogP contribution in [-0.4, -0.2) is 16.7 Å². The molecule has 0 aromatic rings. The number of carbonyl (C=O) groups excluding carboxylic acids is 1. The summed E-state index contributed by atoms with van der Waals surface area (Å²) >= 11 is 3.51. The maximum Gasteiger partial charge on any atom is 0.183 e. The Morgan fingerprint density at radius 2 is 2.36 bits per heavy atom. The monoisotopic (exact) mass is 255 g/mol. The van der Waals surface area contributed by atoms with E-state index in [1.165, 1.54) is 6.26 Å². The quantitative estimate of drug-likeness (QED) is 0.622. The van der Waals surface area contributed by atoms with Gasteiger partial charge in [-0.3, -0.25) is 4.79 Å². The Hall–Kier alpha value is -0.820. The Morgan fingerprint density at radius 1 is 1.57 bits per heavy atom. The van der Waals surface area contributed by atoms with Crippen LogP contribution in [0.15, 0.2) is 11.8 Å². The van der Waals surface area contributed by atoms with Gasteiger partial charge in [-0.25, -0.2) is 0 Å². The van der Waals surface area contributed by atoms with E-state index in [0.29, 0.717) is 4.83 Å². The highest BCUT2D eigenvalue weighted by molar-refractivity contribution is 9.09. The van der Waals surface area contributed by atoms with Crippen LogP contribution in [0.1, 0.15) is 19.3 Å². The number of Topliss-reactive ketones (excluding diaryl/α,β-unsaturated/α-hetero) is 1. The number of carbonyl (C=O) groups is 1. The summed E-state index contributed by atoms with van der Waals surface area (Å²) in [6, 6.07) is 1.87. The van der Waals surface area contributed by atoms with Crippen molar-refractivity contribution in [3.05, 3.63) is 11.8 Å². The lowest BCUT2D eigenvalue weighted by Crippen LogP contribution is -2.39. The van der Waals surface area contributed by atoms with Crippen molar-refractivity contribution in [2.24, 2.45) is 5.92 Å². The standard InChI is InChI=1S/C10H10BrNO2/c11-7-1-2-9-8(3-7)10(13)6(4-12)5-14-9/h5,7-9H,1-3H2. The zero-order valence-electron chi connectivity index (χ0n) is 7.57. The zero-order chi connectivity index (χ0) is 10.1. The molecule has 0 aromatic heterocycles. The minimum Gasteiger partial charge on any atom is -0.496 e. The summed E-state index contributed by atoms with van der Waals surface area (Å²) in [7, 11) is 0. The molecule has 0 bridgehead atoms. The van der Waals surface area contributed by atoms with E-state index in [1.807, 2.05) is 6.07 Å². The van der Waals surface area contributed by atoms with E-state index in [-0.39, 0.29) is 23.4 Å². The highest BCUT2D eigenvalue weighted by atomic mass is 79.9. The number of halogens is 1. The smallest absolute Gasteiger partial charge is 0.183 e. The Bertz CT molecular complexity index is 332. The van der Waals surface area contributed by atoms with Gasteiger partial charge in [-0.1, -0.05) is 15.9 Å². The van der Waals surface area contributed by atoms with Crippen molar-refractivity contribution in [1.82, 2.24) is 0 Å². The topological polar surface area (TPSA) is 50.1 Å². The minimum atomic E-state index is -0.118. The van der Waals surface area contributed by atoms with Crippen LogP contribution in [0.25, 0.3) is 0 Å². The molecule has 0 spiro atoms. The van der Waals surface area contributed by atoms with Crippen molar-refractivity contribution < 1.29 is 9.53 Å². The Kier molecular flexibility index (Phi) is 2.60. The molecule has 3 unspecified atom stereocenters. The predicted molar refractivity (Wildman–Crippen MR) is 53.6 cm³/mol. The SMILES string of the molecule is N#CC1=COC2CCC(Br)CC2C1=O. The van der Waals surface area contributed by atoms with Gasteiger partial charge in [-0.15, -0.1) is 0 Å². The van der Waals surface area contributed by atoms with Crippen LogP contribution >= 0.6 is 15.9 Å². The number of alkyl halides is 1. The molecule has 14 heavy (non-hydrogen) atoms. The van der Waals surface area contributed by atoms with Crippen molar-refractivity contribution in [1.29, 1.82) is 5.26 Å². The molecule has 1 saturated carbocycles. The molecule has 2 aliphatic rings. The third-order valence-corrected chi connectivity index (χ3v) is 3.64. The van der Waals surface area contributed by atoms with Gasteiger partial charge in [-0.05, 0) is 19.3 Å². The number of hydrogen-bond acceptors (Lipinski definition) is 3. The van der Waals surface area contributed by atoms with E-state index in [0.717, 1.165) is 19.3 Å². The third kappa shape index (κ3) is 1.57. The first-order valence-electron chi connectivity index (χ1n) is 4.66. The first-order valence-corrected chi connectivity index (χ1v) is 5.58. The van der Waals surface area contributed by atoms with E-state index in [4.69, 9.17) is 10.00 Å². The number of nitrogens with zero attached hydrogens (tertiary/aromatic N) is 1. The molecule has 4 heteroatoms. The Morgan fingerprint density at radius 3 is 3.07 bits per heavy atom. The Labute approximate surface area is 90.9 Å². The van der Waals surface area contributed by atoms with Crippen LogP contribution in [0.3, 0.4) is 0 Å². The normalized spacial score (nSPS) is 36.4. The van der Waals surface area contributed by atoms with Crippen LogP contribution in [0.2, 0.25) is 0 Å². The molecular formula is C10H10BrNO2. The van der Waals surface area contributed by atoms with Gasteiger partial charge in [0.25, 0.3) is 0 Å². The highest BCUT2D eigenvalue weighted by Gasteiger charge is 2.39. The number of ether oxygens (including phenoxy) is 1. The first-order chi connectivity index (χ1) is 6.72. The van der Waals surface area contributed by atoms with Crippen LogP contribution in [0.5, 0.6) is 0 Å². The van der Waals surface area contributed by atoms with Crippen LogP contribution in [0.4, 0.5) is 0 Å². The number of nitriles is 1. The van der Waals surface area contributed by atoms with Crippen LogP contribution in [0, 0.1) is 17.2 Å². The molecule has 0 N–H and O–H groups in total. The maximum atomic E-state index is 11.7. The lowest BCUT2D eigenvalue weighted by Gasteiger charge is -2.34. The summed E-state index contributed by atoms with van der Waals surface area (Å²) in [5.41, 5.74) is 0.160. The van der Waals surface area contributed by atoms with Crippen molar-refractivity contribution in [3.8, 4) is 6.07 Å².